The summed E-state index contributed by atoms with van der Waals surface area (Å²) in [4.78, 5) is 0. The Hall–Kier alpha value is -1.31. The molecule has 0 radical (unpaired) electrons. The molecule has 0 atom stereocenters. The van der Waals surface area contributed by atoms with E-state index in [-0.39, 0.29) is 0 Å². The van der Waals surface area contributed by atoms with Crippen LogP contribution in [0, 0.1) is 0 Å². The van der Waals surface area contributed by atoms with Crippen molar-refractivity contribution in [2.75, 3.05) is 14.1 Å². The molecule has 0 saturated carbocycles. The molecule has 0 aliphatic heterocycles. The van der Waals surface area contributed by atoms with Crippen molar-refractivity contribution in [3.05, 3.63) is 35.4 Å². The molecule has 2 heteroatoms. The van der Waals surface area contributed by atoms with Crippen LogP contribution in [0.1, 0.15) is 24.0 Å². The van der Waals surface area contributed by atoms with Gasteiger partial charge in [-0.2, -0.15) is 5.10 Å². The van der Waals surface area contributed by atoms with E-state index in [2.05, 4.69) is 29.4 Å². The highest BCUT2D eigenvalue weighted by molar-refractivity contribution is 6.02. The molecular formula is C12H16N2. The summed E-state index contributed by atoms with van der Waals surface area (Å²) >= 11 is 0. The third kappa shape index (κ3) is 1.79. The van der Waals surface area contributed by atoms with Crippen LogP contribution in [0.4, 0.5) is 0 Å². The van der Waals surface area contributed by atoms with Crippen LogP contribution in [0.5, 0.6) is 0 Å². The maximum absolute atomic E-state index is 4.53. The standard InChI is InChI=1S/C12H16N2/c1-14(2)13-12-9-5-7-10-6-3-4-8-11(10)12/h3-4,6,8H,5,7,9H2,1-2H3. The van der Waals surface area contributed by atoms with Crippen LogP contribution in [0.15, 0.2) is 29.4 Å². The summed E-state index contributed by atoms with van der Waals surface area (Å²) in [5.41, 5.74) is 4.02. The van der Waals surface area contributed by atoms with Crippen LogP contribution in [0.25, 0.3) is 0 Å². The lowest BCUT2D eigenvalue weighted by Gasteiger charge is -2.19. The van der Waals surface area contributed by atoms with Gasteiger partial charge in [0.15, 0.2) is 0 Å². The minimum Gasteiger partial charge on any atom is -0.303 e. The molecule has 0 aromatic heterocycles. The van der Waals surface area contributed by atoms with Crippen molar-refractivity contribution in [3.8, 4) is 0 Å². The molecule has 0 amide bonds. The first kappa shape index (κ1) is 9.25. The Bertz CT molecular complexity index is 353. The fourth-order valence-corrected chi connectivity index (χ4v) is 1.95. The average molecular weight is 188 g/mol. The maximum atomic E-state index is 4.53. The van der Waals surface area contributed by atoms with Crippen molar-refractivity contribution in [1.82, 2.24) is 5.01 Å². The molecule has 0 saturated heterocycles. The van der Waals surface area contributed by atoms with Gasteiger partial charge in [0.05, 0.1) is 5.71 Å². The van der Waals surface area contributed by atoms with Crippen molar-refractivity contribution < 1.29 is 0 Å². The van der Waals surface area contributed by atoms with Crippen LogP contribution < -0.4 is 0 Å². The molecule has 0 spiro atoms. The van der Waals surface area contributed by atoms with Crippen LogP contribution >= 0.6 is 0 Å². The molecular weight excluding hydrogens is 172 g/mol. The molecule has 1 aliphatic carbocycles. The number of benzene rings is 1. The van der Waals surface area contributed by atoms with E-state index in [4.69, 9.17) is 0 Å². The number of hydrogen-bond acceptors (Lipinski definition) is 2. The zero-order valence-corrected chi connectivity index (χ0v) is 8.83. The third-order valence-corrected chi connectivity index (χ3v) is 2.51. The SMILES string of the molecule is CN(C)N=C1CCCc2ccccc21. The number of hydrazone groups is 1. The van der Waals surface area contributed by atoms with Gasteiger partial charge in [-0.1, -0.05) is 24.3 Å². The van der Waals surface area contributed by atoms with Crippen molar-refractivity contribution in [3.63, 3.8) is 0 Å². The fourth-order valence-electron chi connectivity index (χ4n) is 1.95. The molecule has 0 fully saturated rings. The van der Waals surface area contributed by atoms with Gasteiger partial charge >= 0.3 is 0 Å². The second-order valence-corrected chi connectivity index (χ2v) is 3.90. The first-order valence-corrected chi connectivity index (χ1v) is 5.10. The summed E-state index contributed by atoms with van der Waals surface area (Å²) in [6.07, 6.45) is 3.53. The summed E-state index contributed by atoms with van der Waals surface area (Å²) in [5, 5.41) is 6.41. The van der Waals surface area contributed by atoms with Crippen molar-refractivity contribution in [2.24, 2.45) is 5.10 Å². The highest BCUT2D eigenvalue weighted by Gasteiger charge is 2.14. The molecule has 74 valence electrons. The van der Waals surface area contributed by atoms with E-state index < -0.39 is 0 Å². The van der Waals surface area contributed by atoms with E-state index in [1.54, 1.807) is 0 Å². The average Bonchev–Trinajstić information content (AvgIpc) is 2.18. The quantitative estimate of drug-likeness (QED) is 0.617. The van der Waals surface area contributed by atoms with E-state index in [0.717, 1.165) is 6.42 Å². The first-order valence-electron chi connectivity index (χ1n) is 5.10. The minimum atomic E-state index is 1.11. The maximum Gasteiger partial charge on any atom is 0.0680 e. The van der Waals surface area contributed by atoms with Crippen molar-refractivity contribution >= 4 is 5.71 Å². The Morgan fingerprint density at radius 1 is 1.14 bits per heavy atom. The summed E-state index contributed by atoms with van der Waals surface area (Å²) in [6.45, 7) is 0. The minimum absolute atomic E-state index is 1.11. The van der Waals surface area contributed by atoms with Crippen molar-refractivity contribution in [1.29, 1.82) is 0 Å². The lowest BCUT2D eigenvalue weighted by atomic mass is 9.90. The largest absolute Gasteiger partial charge is 0.303 e. The highest BCUT2D eigenvalue weighted by Crippen LogP contribution is 2.21. The predicted molar refractivity (Wildman–Crippen MR) is 59.6 cm³/mol. The van der Waals surface area contributed by atoms with Gasteiger partial charge in [-0.05, 0) is 24.8 Å². The van der Waals surface area contributed by atoms with Crippen LogP contribution in [0.3, 0.4) is 0 Å². The molecule has 0 N–H and O–H groups in total. The van der Waals surface area contributed by atoms with Gasteiger partial charge < -0.3 is 5.01 Å². The summed E-state index contributed by atoms with van der Waals surface area (Å²) in [7, 11) is 3.95. The predicted octanol–water partition coefficient (Wildman–Crippen LogP) is 2.29. The number of rotatable bonds is 1. The fraction of sp³-hybridized carbons (Fsp3) is 0.417. The first-order chi connectivity index (χ1) is 6.77. The van der Waals surface area contributed by atoms with Gasteiger partial charge in [-0.25, -0.2) is 0 Å². The van der Waals surface area contributed by atoms with Gasteiger partial charge in [0.2, 0.25) is 0 Å². The zero-order valence-electron chi connectivity index (χ0n) is 8.83. The summed E-state index contributed by atoms with van der Waals surface area (Å²) in [5.74, 6) is 0. The van der Waals surface area contributed by atoms with Gasteiger partial charge in [0, 0.05) is 19.7 Å². The topological polar surface area (TPSA) is 15.6 Å². The molecule has 0 bridgehead atoms. The smallest absolute Gasteiger partial charge is 0.0680 e. The summed E-state index contributed by atoms with van der Waals surface area (Å²) in [6, 6.07) is 8.59. The summed E-state index contributed by atoms with van der Waals surface area (Å²) < 4.78 is 0. The number of aryl methyl sites for hydroxylation is 1. The lowest BCUT2D eigenvalue weighted by Crippen LogP contribution is -2.15. The van der Waals surface area contributed by atoms with Gasteiger partial charge in [0.1, 0.15) is 0 Å². The number of fused-ring (bicyclic) bond motifs is 1. The van der Waals surface area contributed by atoms with E-state index in [9.17, 15) is 0 Å². The molecule has 1 aromatic carbocycles. The molecule has 14 heavy (non-hydrogen) atoms. The van der Waals surface area contributed by atoms with Crippen molar-refractivity contribution in [2.45, 2.75) is 19.3 Å². The molecule has 2 nitrogen and oxygen atoms in total. The molecule has 2 rings (SSSR count). The van der Waals surface area contributed by atoms with E-state index in [1.807, 2.05) is 19.1 Å². The van der Waals surface area contributed by atoms with Gasteiger partial charge in [-0.15, -0.1) is 0 Å². The second-order valence-electron chi connectivity index (χ2n) is 3.90. The van der Waals surface area contributed by atoms with Gasteiger partial charge in [-0.3, -0.25) is 0 Å². The van der Waals surface area contributed by atoms with Gasteiger partial charge in [0.25, 0.3) is 0 Å². The Morgan fingerprint density at radius 2 is 1.93 bits per heavy atom. The Labute approximate surface area is 85.2 Å². The second kappa shape index (κ2) is 3.82. The molecule has 0 heterocycles. The Morgan fingerprint density at radius 3 is 2.71 bits per heavy atom. The number of nitrogens with zero attached hydrogens (tertiary/aromatic N) is 2. The van der Waals surface area contributed by atoms with E-state index in [0.29, 0.717) is 0 Å². The highest BCUT2D eigenvalue weighted by atomic mass is 15.4. The molecule has 0 unspecified atom stereocenters. The van der Waals surface area contributed by atoms with E-state index >= 15 is 0 Å². The Balaban J connectivity index is 2.40. The normalized spacial score (nSPS) is 18.0. The van der Waals surface area contributed by atoms with E-state index in [1.165, 1.54) is 29.7 Å². The zero-order chi connectivity index (χ0) is 9.97. The van der Waals surface area contributed by atoms with Crippen LogP contribution in [-0.4, -0.2) is 24.8 Å². The lowest BCUT2D eigenvalue weighted by molar-refractivity contribution is 0.435. The molecule has 1 aromatic rings. The number of hydrogen-bond donors (Lipinski definition) is 0. The third-order valence-electron chi connectivity index (χ3n) is 2.51. The molecule has 1 aliphatic rings. The monoisotopic (exact) mass is 188 g/mol. The van der Waals surface area contributed by atoms with Crippen LogP contribution in [-0.2, 0) is 6.42 Å². The Kier molecular flexibility index (Phi) is 2.53. The van der Waals surface area contributed by atoms with Crippen LogP contribution in [0.2, 0.25) is 0 Å².